The van der Waals surface area contributed by atoms with Crippen LogP contribution in [0.2, 0.25) is 0 Å². The first-order valence-electron chi connectivity index (χ1n) is 19.6. The fourth-order valence-corrected chi connectivity index (χ4v) is 4.88. The second-order valence-electron chi connectivity index (χ2n) is 12.2. The average Bonchev–Trinajstić information content (AvgIpc) is 3.09. The van der Waals surface area contributed by atoms with Crippen LogP contribution in [-0.4, -0.2) is 118 Å². The highest BCUT2D eigenvalue weighted by Crippen LogP contribution is 2.13. The molecular formula is C38H76O10. The van der Waals surface area contributed by atoms with Crippen LogP contribution in [0, 0.1) is 0 Å². The van der Waals surface area contributed by atoms with E-state index in [4.69, 9.17) is 42.6 Å². The van der Waals surface area contributed by atoms with Crippen molar-refractivity contribution in [1.29, 1.82) is 0 Å². The molecule has 48 heavy (non-hydrogen) atoms. The topological polar surface area (TPSA) is 100 Å². The molecule has 0 atom stereocenters. The number of carbonyl (C=O) groups excluding carboxylic acids is 1. The minimum atomic E-state index is -0.180. The molecule has 0 aliphatic heterocycles. The molecule has 0 aromatic rings. The Hall–Kier alpha value is -0.850. The molecule has 10 heteroatoms. The van der Waals surface area contributed by atoms with E-state index in [1.165, 1.54) is 96.3 Å². The van der Waals surface area contributed by atoms with E-state index in [-0.39, 0.29) is 12.6 Å². The molecule has 0 unspecified atom stereocenters. The van der Waals surface area contributed by atoms with Crippen molar-refractivity contribution < 1.29 is 47.4 Å². The van der Waals surface area contributed by atoms with Crippen molar-refractivity contribution in [3.63, 3.8) is 0 Å². The van der Waals surface area contributed by atoms with Gasteiger partial charge in [-0.3, -0.25) is 4.79 Å². The van der Waals surface area contributed by atoms with E-state index in [1.807, 2.05) is 6.92 Å². The van der Waals surface area contributed by atoms with Gasteiger partial charge < -0.3 is 42.6 Å². The molecule has 0 rings (SSSR count). The largest absolute Gasteiger partial charge is 0.463 e. The van der Waals surface area contributed by atoms with Gasteiger partial charge in [0.1, 0.15) is 6.61 Å². The molecule has 0 amide bonds. The highest BCUT2D eigenvalue weighted by atomic mass is 16.6. The third-order valence-corrected chi connectivity index (χ3v) is 7.69. The molecule has 0 N–H and O–H groups in total. The Morgan fingerprint density at radius 2 is 0.542 bits per heavy atom. The normalized spacial score (nSPS) is 11.5. The number of ether oxygens (including phenoxy) is 9. The quantitative estimate of drug-likeness (QED) is 0.0466. The van der Waals surface area contributed by atoms with E-state index < -0.39 is 0 Å². The molecule has 0 fully saturated rings. The maximum atomic E-state index is 11.2. The van der Waals surface area contributed by atoms with Crippen molar-refractivity contribution in [2.75, 3.05) is 112 Å². The van der Waals surface area contributed by atoms with Crippen molar-refractivity contribution >= 4 is 5.97 Å². The van der Waals surface area contributed by atoms with Crippen LogP contribution in [-0.2, 0) is 47.4 Å². The summed E-state index contributed by atoms with van der Waals surface area (Å²) in [6.45, 7) is 13.2. The summed E-state index contributed by atoms with van der Waals surface area (Å²) in [4.78, 5) is 11.2. The van der Waals surface area contributed by atoms with Gasteiger partial charge in [0.15, 0.2) is 0 Å². The third kappa shape index (κ3) is 43.2. The fourth-order valence-electron chi connectivity index (χ4n) is 4.88. The number of esters is 1. The van der Waals surface area contributed by atoms with Gasteiger partial charge in [0.05, 0.1) is 99.1 Å². The monoisotopic (exact) mass is 693 g/mol. The predicted molar refractivity (Wildman–Crippen MR) is 192 cm³/mol. The molecular weight excluding hydrogens is 616 g/mol. The Kier molecular flexibility index (Phi) is 43.4. The van der Waals surface area contributed by atoms with Gasteiger partial charge in [-0.05, 0) is 12.8 Å². The van der Waals surface area contributed by atoms with E-state index >= 15 is 0 Å². The van der Waals surface area contributed by atoms with Crippen LogP contribution in [0.15, 0.2) is 0 Å². The highest BCUT2D eigenvalue weighted by Gasteiger charge is 2.00. The van der Waals surface area contributed by atoms with E-state index in [0.29, 0.717) is 106 Å². The average molecular weight is 693 g/mol. The summed E-state index contributed by atoms with van der Waals surface area (Å²) in [5, 5.41) is 0. The summed E-state index contributed by atoms with van der Waals surface area (Å²) in [6.07, 6.45) is 23.4. The van der Waals surface area contributed by atoms with E-state index in [9.17, 15) is 4.79 Å². The van der Waals surface area contributed by atoms with Crippen LogP contribution < -0.4 is 0 Å². The second kappa shape index (κ2) is 44.2. The lowest BCUT2D eigenvalue weighted by Crippen LogP contribution is -2.15. The molecule has 0 aliphatic carbocycles. The number of rotatable bonds is 43. The maximum absolute atomic E-state index is 11.2. The van der Waals surface area contributed by atoms with Crippen molar-refractivity contribution in [1.82, 2.24) is 0 Å². The summed E-state index contributed by atoms with van der Waals surface area (Å²) in [5.74, 6) is -0.180. The summed E-state index contributed by atoms with van der Waals surface area (Å²) in [7, 11) is 0. The van der Waals surface area contributed by atoms with Crippen LogP contribution in [0.4, 0.5) is 0 Å². The molecule has 0 bridgehead atoms. The first-order chi connectivity index (χ1) is 23.8. The fraction of sp³-hybridized carbons (Fsp3) is 0.974. The molecule has 0 heterocycles. The SMILES string of the molecule is CCCCCCCCCCCCCCCCCCOCCOCCOCCOCCOCCOCCOCCOCCOC(=O)CCC. The number of carbonyl (C=O) groups is 1. The van der Waals surface area contributed by atoms with Gasteiger partial charge in [0, 0.05) is 13.0 Å². The van der Waals surface area contributed by atoms with Crippen LogP contribution in [0.25, 0.3) is 0 Å². The summed E-state index contributed by atoms with van der Waals surface area (Å²) in [6, 6.07) is 0. The van der Waals surface area contributed by atoms with Crippen LogP contribution >= 0.6 is 0 Å². The van der Waals surface area contributed by atoms with Gasteiger partial charge in [0.2, 0.25) is 0 Å². The zero-order valence-electron chi connectivity index (χ0n) is 31.3. The molecule has 0 saturated carbocycles. The minimum Gasteiger partial charge on any atom is -0.463 e. The molecule has 0 aliphatic rings. The molecule has 288 valence electrons. The molecule has 0 aromatic heterocycles. The zero-order valence-corrected chi connectivity index (χ0v) is 31.3. The predicted octanol–water partition coefficient (Wildman–Crippen LogP) is 7.72. The lowest BCUT2D eigenvalue weighted by Gasteiger charge is -2.09. The van der Waals surface area contributed by atoms with E-state index in [2.05, 4.69) is 6.92 Å². The smallest absolute Gasteiger partial charge is 0.305 e. The van der Waals surface area contributed by atoms with Crippen LogP contribution in [0.3, 0.4) is 0 Å². The van der Waals surface area contributed by atoms with E-state index in [1.54, 1.807) is 0 Å². The van der Waals surface area contributed by atoms with Gasteiger partial charge in [-0.25, -0.2) is 0 Å². The summed E-state index contributed by atoms with van der Waals surface area (Å²) in [5.41, 5.74) is 0. The lowest BCUT2D eigenvalue weighted by atomic mass is 10.0. The van der Waals surface area contributed by atoms with Gasteiger partial charge >= 0.3 is 5.97 Å². The van der Waals surface area contributed by atoms with Gasteiger partial charge in [-0.2, -0.15) is 0 Å². The maximum Gasteiger partial charge on any atom is 0.305 e. The highest BCUT2D eigenvalue weighted by molar-refractivity contribution is 5.69. The Bertz CT molecular complexity index is 596. The first-order valence-corrected chi connectivity index (χ1v) is 19.6. The minimum absolute atomic E-state index is 0.180. The van der Waals surface area contributed by atoms with Gasteiger partial charge in [-0.15, -0.1) is 0 Å². The van der Waals surface area contributed by atoms with Crippen LogP contribution in [0.1, 0.15) is 129 Å². The third-order valence-electron chi connectivity index (χ3n) is 7.69. The lowest BCUT2D eigenvalue weighted by molar-refractivity contribution is -0.145. The van der Waals surface area contributed by atoms with Crippen molar-refractivity contribution in [3.05, 3.63) is 0 Å². The molecule has 0 radical (unpaired) electrons. The molecule has 0 spiro atoms. The molecule has 0 aromatic carbocycles. The first kappa shape index (κ1) is 47.1. The van der Waals surface area contributed by atoms with Crippen molar-refractivity contribution in [3.8, 4) is 0 Å². The Morgan fingerprint density at radius 3 is 0.833 bits per heavy atom. The number of hydrogen-bond acceptors (Lipinski definition) is 10. The Labute approximate surface area is 294 Å². The number of hydrogen-bond donors (Lipinski definition) is 0. The molecule has 10 nitrogen and oxygen atoms in total. The second-order valence-corrected chi connectivity index (χ2v) is 12.2. The van der Waals surface area contributed by atoms with Crippen molar-refractivity contribution in [2.24, 2.45) is 0 Å². The van der Waals surface area contributed by atoms with Gasteiger partial charge in [-0.1, -0.05) is 110 Å². The van der Waals surface area contributed by atoms with Gasteiger partial charge in [0.25, 0.3) is 0 Å². The van der Waals surface area contributed by atoms with E-state index in [0.717, 1.165) is 19.4 Å². The zero-order chi connectivity index (χ0) is 34.7. The standard InChI is InChI=1S/C38H76O10/c1-3-5-6-7-8-9-10-11-12-13-14-15-16-17-18-19-21-40-22-23-41-24-25-42-26-27-43-28-29-44-30-31-45-32-33-46-34-35-47-36-37-48-38(39)20-4-2/h3-37H2,1-2H3. The Morgan fingerprint density at radius 1 is 0.292 bits per heavy atom. The summed E-state index contributed by atoms with van der Waals surface area (Å²) < 4.78 is 49.0. The number of unbranched alkanes of at least 4 members (excludes halogenated alkanes) is 15. The Balaban J connectivity index is 3.06. The molecule has 0 saturated heterocycles. The van der Waals surface area contributed by atoms with Crippen molar-refractivity contribution in [2.45, 2.75) is 129 Å². The van der Waals surface area contributed by atoms with Crippen LogP contribution in [0.5, 0.6) is 0 Å². The summed E-state index contributed by atoms with van der Waals surface area (Å²) >= 11 is 0.